The summed E-state index contributed by atoms with van der Waals surface area (Å²) in [6, 6.07) is 11.7. The normalized spacial score (nSPS) is 10.4. The number of rotatable bonds is 6. The fourth-order valence-electron chi connectivity index (χ4n) is 1.86. The third-order valence-electron chi connectivity index (χ3n) is 3.01. The van der Waals surface area contributed by atoms with Gasteiger partial charge in [-0.3, -0.25) is 9.78 Å². The minimum absolute atomic E-state index is 0.112. The number of anilines is 1. The molecule has 0 aliphatic rings. The predicted molar refractivity (Wildman–Crippen MR) is 85.2 cm³/mol. The maximum atomic E-state index is 12.1. The van der Waals surface area contributed by atoms with E-state index in [2.05, 4.69) is 29.5 Å². The average Bonchev–Trinajstić information content (AvgIpc) is 2.52. The Hall–Kier alpha value is -2.36. The van der Waals surface area contributed by atoms with Crippen molar-refractivity contribution in [2.45, 2.75) is 20.4 Å². The molecule has 0 saturated heterocycles. The lowest BCUT2D eigenvalue weighted by atomic mass is 10.2. The van der Waals surface area contributed by atoms with Crippen LogP contribution in [0, 0.1) is 5.92 Å². The van der Waals surface area contributed by atoms with Crippen molar-refractivity contribution in [2.24, 2.45) is 5.92 Å². The third kappa shape index (κ3) is 4.91. The molecule has 0 aliphatic heterocycles. The molecule has 0 unspecified atom stereocenters. The number of carbonyl (C=O) groups excluding carboxylic acids is 1. The highest BCUT2D eigenvalue weighted by molar-refractivity contribution is 5.94. The van der Waals surface area contributed by atoms with Crippen LogP contribution in [-0.2, 0) is 6.54 Å². The van der Waals surface area contributed by atoms with Crippen molar-refractivity contribution >= 4 is 11.6 Å². The second kappa shape index (κ2) is 7.43. The van der Waals surface area contributed by atoms with Crippen LogP contribution in [0.2, 0.25) is 0 Å². The van der Waals surface area contributed by atoms with Crippen LogP contribution < -0.4 is 10.6 Å². The van der Waals surface area contributed by atoms with Crippen molar-refractivity contribution < 1.29 is 4.79 Å². The van der Waals surface area contributed by atoms with Crippen LogP contribution in [0.4, 0.5) is 5.69 Å². The Labute approximate surface area is 125 Å². The summed E-state index contributed by atoms with van der Waals surface area (Å²) in [5, 5.41) is 6.17. The molecule has 0 aliphatic carbocycles. The topological polar surface area (TPSA) is 54.0 Å². The first kappa shape index (κ1) is 15.0. The Balaban J connectivity index is 1.94. The number of hydrogen-bond acceptors (Lipinski definition) is 3. The second-order valence-electron chi connectivity index (χ2n) is 5.41. The van der Waals surface area contributed by atoms with Gasteiger partial charge in [-0.1, -0.05) is 44.2 Å². The molecule has 1 aromatic carbocycles. The Morgan fingerprint density at radius 2 is 1.95 bits per heavy atom. The number of pyridine rings is 1. The van der Waals surface area contributed by atoms with Crippen molar-refractivity contribution in [3.63, 3.8) is 0 Å². The van der Waals surface area contributed by atoms with Gasteiger partial charge in [0.2, 0.25) is 0 Å². The van der Waals surface area contributed by atoms with Crippen LogP contribution in [0.1, 0.15) is 29.8 Å². The van der Waals surface area contributed by atoms with Crippen molar-refractivity contribution in [1.82, 2.24) is 10.3 Å². The lowest BCUT2D eigenvalue weighted by molar-refractivity contribution is 0.0950. The number of aromatic nitrogens is 1. The van der Waals surface area contributed by atoms with Crippen LogP contribution in [0.25, 0.3) is 0 Å². The number of nitrogens with one attached hydrogen (secondary N) is 2. The first-order valence-corrected chi connectivity index (χ1v) is 7.16. The van der Waals surface area contributed by atoms with Gasteiger partial charge in [0, 0.05) is 25.5 Å². The van der Waals surface area contributed by atoms with Gasteiger partial charge in [-0.15, -0.1) is 0 Å². The van der Waals surface area contributed by atoms with Gasteiger partial charge in [0.15, 0.2) is 0 Å². The van der Waals surface area contributed by atoms with Crippen molar-refractivity contribution in [1.29, 1.82) is 0 Å². The molecule has 0 atom stereocenters. The van der Waals surface area contributed by atoms with E-state index in [1.54, 1.807) is 12.4 Å². The zero-order valence-corrected chi connectivity index (χ0v) is 12.5. The highest BCUT2D eigenvalue weighted by Gasteiger charge is 2.07. The Morgan fingerprint density at radius 3 is 2.67 bits per heavy atom. The Bertz CT molecular complexity index is 582. The summed E-state index contributed by atoms with van der Waals surface area (Å²) in [4.78, 5) is 16.2. The summed E-state index contributed by atoms with van der Waals surface area (Å²) in [5.41, 5.74) is 2.52. The second-order valence-corrected chi connectivity index (χ2v) is 5.41. The number of hydrogen-bond donors (Lipinski definition) is 2. The molecule has 1 heterocycles. The maximum Gasteiger partial charge on any atom is 0.253 e. The fraction of sp³-hybridized carbons (Fsp3) is 0.294. The SMILES string of the molecule is CC(C)CNc1cncc(C(=O)NCc2ccccc2)c1. The highest BCUT2D eigenvalue weighted by Crippen LogP contribution is 2.09. The van der Waals surface area contributed by atoms with E-state index in [0.717, 1.165) is 17.8 Å². The van der Waals surface area contributed by atoms with E-state index in [4.69, 9.17) is 0 Å². The van der Waals surface area contributed by atoms with Gasteiger partial charge in [0.25, 0.3) is 5.91 Å². The minimum Gasteiger partial charge on any atom is -0.384 e. The van der Waals surface area contributed by atoms with Crippen molar-refractivity contribution in [3.05, 3.63) is 59.9 Å². The quantitative estimate of drug-likeness (QED) is 0.856. The van der Waals surface area contributed by atoms with E-state index in [-0.39, 0.29) is 5.91 Å². The molecule has 4 heteroatoms. The summed E-state index contributed by atoms with van der Waals surface area (Å²) in [7, 11) is 0. The molecular formula is C17H21N3O. The predicted octanol–water partition coefficient (Wildman–Crippen LogP) is 3.08. The minimum atomic E-state index is -0.112. The fourth-order valence-corrected chi connectivity index (χ4v) is 1.86. The summed E-state index contributed by atoms with van der Waals surface area (Å²) in [6.07, 6.45) is 3.32. The summed E-state index contributed by atoms with van der Waals surface area (Å²) in [6.45, 7) is 5.65. The molecule has 21 heavy (non-hydrogen) atoms. The molecule has 0 radical (unpaired) electrons. The zero-order valence-electron chi connectivity index (χ0n) is 12.5. The lowest BCUT2D eigenvalue weighted by Crippen LogP contribution is -2.23. The molecule has 0 fully saturated rings. The van der Waals surface area contributed by atoms with E-state index in [9.17, 15) is 4.79 Å². The first-order chi connectivity index (χ1) is 10.1. The first-order valence-electron chi connectivity index (χ1n) is 7.16. The smallest absolute Gasteiger partial charge is 0.253 e. The Kier molecular flexibility index (Phi) is 5.32. The molecule has 2 rings (SSSR count). The van der Waals surface area contributed by atoms with E-state index in [1.807, 2.05) is 36.4 Å². The number of nitrogens with zero attached hydrogens (tertiary/aromatic N) is 1. The van der Waals surface area contributed by atoms with Gasteiger partial charge in [-0.2, -0.15) is 0 Å². The molecule has 1 amide bonds. The van der Waals surface area contributed by atoms with Crippen LogP contribution in [0.15, 0.2) is 48.8 Å². The van der Waals surface area contributed by atoms with Crippen LogP contribution in [0.3, 0.4) is 0 Å². The monoisotopic (exact) mass is 283 g/mol. The van der Waals surface area contributed by atoms with Gasteiger partial charge in [0.1, 0.15) is 0 Å². The van der Waals surface area contributed by atoms with E-state index < -0.39 is 0 Å². The summed E-state index contributed by atoms with van der Waals surface area (Å²) >= 11 is 0. The highest BCUT2D eigenvalue weighted by atomic mass is 16.1. The molecular weight excluding hydrogens is 262 g/mol. The summed E-state index contributed by atoms with van der Waals surface area (Å²) in [5.74, 6) is 0.431. The number of benzene rings is 1. The molecule has 4 nitrogen and oxygen atoms in total. The number of carbonyl (C=O) groups is 1. The van der Waals surface area contributed by atoms with E-state index >= 15 is 0 Å². The van der Waals surface area contributed by atoms with Gasteiger partial charge < -0.3 is 10.6 Å². The van der Waals surface area contributed by atoms with E-state index in [0.29, 0.717) is 18.0 Å². The Morgan fingerprint density at radius 1 is 1.19 bits per heavy atom. The molecule has 2 aromatic rings. The number of amides is 1. The van der Waals surface area contributed by atoms with Crippen molar-refractivity contribution in [2.75, 3.05) is 11.9 Å². The van der Waals surface area contributed by atoms with Crippen LogP contribution in [-0.4, -0.2) is 17.4 Å². The van der Waals surface area contributed by atoms with E-state index in [1.165, 1.54) is 0 Å². The largest absolute Gasteiger partial charge is 0.384 e. The lowest BCUT2D eigenvalue weighted by Gasteiger charge is -2.10. The van der Waals surface area contributed by atoms with Gasteiger partial charge >= 0.3 is 0 Å². The standard InChI is InChI=1S/C17H21N3O/c1-13(2)9-19-16-8-15(11-18-12-16)17(21)20-10-14-6-4-3-5-7-14/h3-8,11-13,19H,9-10H2,1-2H3,(H,20,21). The van der Waals surface area contributed by atoms with Crippen LogP contribution >= 0.6 is 0 Å². The molecule has 1 aromatic heterocycles. The zero-order chi connectivity index (χ0) is 15.1. The molecule has 0 bridgehead atoms. The molecule has 2 N–H and O–H groups in total. The molecule has 0 saturated carbocycles. The summed E-state index contributed by atoms with van der Waals surface area (Å²) < 4.78 is 0. The van der Waals surface area contributed by atoms with Gasteiger partial charge in [-0.05, 0) is 17.5 Å². The van der Waals surface area contributed by atoms with Crippen molar-refractivity contribution in [3.8, 4) is 0 Å². The average molecular weight is 283 g/mol. The maximum absolute atomic E-state index is 12.1. The third-order valence-corrected chi connectivity index (χ3v) is 3.01. The van der Waals surface area contributed by atoms with Crippen LogP contribution in [0.5, 0.6) is 0 Å². The molecule has 0 spiro atoms. The molecule has 110 valence electrons. The van der Waals surface area contributed by atoms with Gasteiger partial charge in [-0.25, -0.2) is 0 Å². The van der Waals surface area contributed by atoms with Gasteiger partial charge in [0.05, 0.1) is 11.3 Å².